The van der Waals surface area contributed by atoms with Crippen molar-refractivity contribution in [1.82, 2.24) is 15.2 Å². The van der Waals surface area contributed by atoms with E-state index >= 15 is 0 Å². The molecule has 4 rings (SSSR count). The smallest absolute Gasteiger partial charge is 0.229 e. The lowest BCUT2D eigenvalue weighted by atomic mass is 10.1. The standard InChI is InChI=1S/C17H15N5O2/c23-15-8-11(17(24)19-12-4-3-7-18-9-12)10-22(15)16-13-5-1-2-6-14(13)20-21-16/h1-7,9,11H,8,10H2,(H,19,24)(H,20,21)/t11-/m0/s1. The minimum Gasteiger partial charge on any atom is -0.324 e. The molecule has 7 nitrogen and oxygen atoms in total. The quantitative estimate of drug-likeness (QED) is 0.771. The molecule has 0 spiro atoms. The molecule has 120 valence electrons. The summed E-state index contributed by atoms with van der Waals surface area (Å²) < 4.78 is 0. The van der Waals surface area contributed by atoms with Crippen LogP contribution in [0.25, 0.3) is 10.9 Å². The fourth-order valence-corrected chi connectivity index (χ4v) is 2.92. The molecule has 0 unspecified atom stereocenters. The first-order valence-corrected chi connectivity index (χ1v) is 7.67. The van der Waals surface area contributed by atoms with Crippen LogP contribution in [0.5, 0.6) is 0 Å². The molecule has 0 bridgehead atoms. The molecule has 1 saturated heterocycles. The van der Waals surface area contributed by atoms with Gasteiger partial charge in [0.05, 0.1) is 23.3 Å². The molecular weight excluding hydrogens is 306 g/mol. The number of carbonyl (C=O) groups is 2. The second-order valence-electron chi connectivity index (χ2n) is 5.73. The van der Waals surface area contributed by atoms with Crippen molar-refractivity contribution in [3.05, 3.63) is 48.8 Å². The summed E-state index contributed by atoms with van der Waals surface area (Å²) in [6, 6.07) is 11.1. The van der Waals surface area contributed by atoms with Gasteiger partial charge in [-0.3, -0.25) is 24.6 Å². The predicted molar refractivity (Wildman–Crippen MR) is 89.4 cm³/mol. The van der Waals surface area contributed by atoms with Crippen molar-refractivity contribution < 1.29 is 9.59 Å². The highest BCUT2D eigenvalue weighted by atomic mass is 16.2. The number of fused-ring (bicyclic) bond motifs is 1. The van der Waals surface area contributed by atoms with Crippen molar-refractivity contribution >= 4 is 34.2 Å². The van der Waals surface area contributed by atoms with E-state index in [-0.39, 0.29) is 18.2 Å². The van der Waals surface area contributed by atoms with E-state index in [2.05, 4.69) is 20.5 Å². The van der Waals surface area contributed by atoms with Gasteiger partial charge in [0.15, 0.2) is 5.82 Å². The summed E-state index contributed by atoms with van der Waals surface area (Å²) in [5, 5.41) is 10.8. The molecule has 2 amide bonds. The number of aromatic amines is 1. The first kappa shape index (κ1) is 14.4. The van der Waals surface area contributed by atoms with Crippen LogP contribution in [0.4, 0.5) is 11.5 Å². The van der Waals surface area contributed by atoms with E-state index in [0.717, 1.165) is 10.9 Å². The van der Waals surface area contributed by atoms with Crippen LogP contribution in [0, 0.1) is 5.92 Å². The Morgan fingerprint density at radius 1 is 1.25 bits per heavy atom. The van der Waals surface area contributed by atoms with Gasteiger partial charge in [-0.2, -0.15) is 5.10 Å². The van der Waals surface area contributed by atoms with Crippen LogP contribution in [0.15, 0.2) is 48.8 Å². The number of pyridine rings is 1. The highest BCUT2D eigenvalue weighted by Crippen LogP contribution is 2.30. The maximum absolute atomic E-state index is 12.4. The number of nitrogens with one attached hydrogen (secondary N) is 2. The molecule has 2 aromatic heterocycles. The summed E-state index contributed by atoms with van der Waals surface area (Å²) in [6.45, 7) is 0.319. The number of nitrogens with zero attached hydrogens (tertiary/aromatic N) is 3. The summed E-state index contributed by atoms with van der Waals surface area (Å²) in [5.41, 5.74) is 1.49. The molecule has 1 aliphatic heterocycles. The minimum atomic E-state index is -0.409. The maximum atomic E-state index is 12.4. The van der Waals surface area contributed by atoms with E-state index < -0.39 is 5.92 Å². The summed E-state index contributed by atoms with van der Waals surface area (Å²) in [4.78, 5) is 30.3. The van der Waals surface area contributed by atoms with E-state index in [1.54, 1.807) is 29.4 Å². The van der Waals surface area contributed by atoms with Crippen LogP contribution in [-0.4, -0.2) is 33.5 Å². The van der Waals surface area contributed by atoms with E-state index in [1.807, 2.05) is 24.3 Å². The van der Waals surface area contributed by atoms with Crippen molar-refractivity contribution in [3.8, 4) is 0 Å². The van der Waals surface area contributed by atoms with E-state index in [1.165, 1.54) is 0 Å². The van der Waals surface area contributed by atoms with Crippen LogP contribution in [0.2, 0.25) is 0 Å². The summed E-state index contributed by atoms with van der Waals surface area (Å²) in [7, 11) is 0. The van der Waals surface area contributed by atoms with Gasteiger partial charge >= 0.3 is 0 Å². The van der Waals surface area contributed by atoms with Crippen molar-refractivity contribution in [2.24, 2.45) is 5.92 Å². The summed E-state index contributed by atoms with van der Waals surface area (Å²) in [5.74, 6) is -0.113. The average Bonchev–Trinajstić information content (AvgIpc) is 3.19. The number of rotatable bonds is 3. The van der Waals surface area contributed by atoms with Crippen molar-refractivity contribution in [2.75, 3.05) is 16.8 Å². The fraction of sp³-hybridized carbons (Fsp3) is 0.176. The van der Waals surface area contributed by atoms with Gasteiger partial charge in [-0.15, -0.1) is 0 Å². The Morgan fingerprint density at radius 2 is 2.12 bits per heavy atom. The Balaban J connectivity index is 1.54. The Labute approximate surface area is 137 Å². The molecule has 1 atom stereocenters. The fourth-order valence-electron chi connectivity index (χ4n) is 2.92. The van der Waals surface area contributed by atoms with Gasteiger partial charge in [-0.1, -0.05) is 12.1 Å². The number of benzene rings is 1. The van der Waals surface area contributed by atoms with Gasteiger partial charge in [0.2, 0.25) is 11.8 Å². The zero-order chi connectivity index (χ0) is 16.5. The van der Waals surface area contributed by atoms with E-state index in [9.17, 15) is 9.59 Å². The Bertz CT molecular complexity index is 905. The molecule has 0 radical (unpaired) electrons. The highest BCUT2D eigenvalue weighted by molar-refractivity contribution is 6.06. The minimum absolute atomic E-state index is 0.0985. The number of anilines is 2. The monoisotopic (exact) mass is 321 g/mol. The molecule has 2 N–H and O–H groups in total. The third kappa shape index (κ3) is 2.50. The maximum Gasteiger partial charge on any atom is 0.229 e. The van der Waals surface area contributed by atoms with Crippen LogP contribution in [-0.2, 0) is 9.59 Å². The molecule has 0 saturated carbocycles. The summed E-state index contributed by atoms with van der Waals surface area (Å²) in [6.07, 6.45) is 3.39. The largest absolute Gasteiger partial charge is 0.324 e. The molecule has 7 heteroatoms. The normalized spacial score (nSPS) is 17.4. The lowest BCUT2D eigenvalue weighted by Crippen LogP contribution is -2.28. The first-order valence-electron chi connectivity index (χ1n) is 7.67. The van der Waals surface area contributed by atoms with Crippen molar-refractivity contribution in [3.63, 3.8) is 0 Å². The Hall–Kier alpha value is -3.22. The van der Waals surface area contributed by atoms with Gasteiger partial charge < -0.3 is 5.32 Å². The number of amides is 2. The second kappa shape index (κ2) is 5.77. The average molecular weight is 321 g/mol. The number of hydrogen-bond acceptors (Lipinski definition) is 4. The molecule has 1 aliphatic rings. The molecule has 24 heavy (non-hydrogen) atoms. The van der Waals surface area contributed by atoms with Gasteiger partial charge in [0, 0.05) is 24.5 Å². The van der Waals surface area contributed by atoms with E-state index in [0.29, 0.717) is 18.1 Å². The Kier molecular flexibility index (Phi) is 3.45. The Morgan fingerprint density at radius 3 is 2.96 bits per heavy atom. The van der Waals surface area contributed by atoms with Gasteiger partial charge in [-0.05, 0) is 24.3 Å². The number of aromatic nitrogens is 3. The third-order valence-corrected chi connectivity index (χ3v) is 4.13. The van der Waals surface area contributed by atoms with Gasteiger partial charge in [0.25, 0.3) is 0 Å². The van der Waals surface area contributed by atoms with Gasteiger partial charge in [0.1, 0.15) is 0 Å². The van der Waals surface area contributed by atoms with Gasteiger partial charge in [-0.25, -0.2) is 0 Å². The molecule has 1 aromatic carbocycles. The topological polar surface area (TPSA) is 91.0 Å². The predicted octanol–water partition coefficient (Wildman–Crippen LogP) is 1.95. The number of hydrogen-bond donors (Lipinski definition) is 2. The highest BCUT2D eigenvalue weighted by Gasteiger charge is 2.36. The van der Waals surface area contributed by atoms with Crippen LogP contribution < -0.4 is 10.2 Å². The first-order chi connectivity index (χ1) is 11.7. The lowest BCUT2D eigenvalue weighted by Gasteiger charge is -2.14. The molecule has 3 aromatic rings. The van der Waals surface area contributed by atoms with Crippen LogP contribution >= 0.6 is 0 Å². The van der Waals surface area contributed by atoms with E-state index in [4.69, 9.17) is 0 Å². The van der Waals surface area contributed by atoms with Crippen molar-refractivity contribution in [1.29, 1.82) is 0 Å². The SMILES string of the molecule is O=C(Nc1cccnc1)[C@H]1CC(=O)N(c2n[nH]c3ccccc23)C1. The van der Waals surface area contributed by atoms with Crippen LogP contribution in [0.1, 0.15) is 6.42 Å². The third-order valence-electron chi connectivity index (χ3n) is 4.13. The van der Waals surface area contributed by atoms with Crippen molar-refractivity contribution in [2.45, 2.75) is 6.42 Å². The number of carbonyl (C=O) groups excluding carboxylic acids is 2. The second-order valence-corrected chi connectivity index (χ2v) is 5.73. The zero-order valence-corrected chi connectivity index (χ0v) is 12.8. The van der Waals surface area contributed by atoms with Crippen LogP contribution in [0.3, 0.4) is 0 Å². The molecular formula is C17H15N5O2. The summed E-state index contributed by atoms with van der Waals surface area (Å²) >= 11 is 0. The number of para-hydroxylation sites is 1. The molecule has 3 heterocycles. The lowest BCUT2D eigenvalue weighted by molar-refractivity contribution is -0.122. The molecule has 1 fully saturated rings. The molecule has 0 aliphatic carbocycles. The number of H-pyrrole nitrogens is 1. The zero-order valence-electron chi connectivity index (χ0n) is 12.8.